The number of nitrogen functional groups attached to an aromatic ring is 1. The molecule has 9 heteroatoms. The molecule has 0 radical (unpaired) electrons. The summed E-state index contributed by atoms with van der Waals surface area (Å²) >= 11 is 0. The van der Waals surface area contributed by atoms with Gasteiger partial charge in [0.25, 0.3) is 10.0 Å². The molecule has 0 spiro atoms. The van der Waals surface area contributed by atoms with Crippen LogP contribution in [0.3, 0.4) is 0 Å². The highest BCUT2D eigenvalue weighted by molar-refractivity contribution is 7.93. The van der Waals surface area contributed by atoms with Crippen LogP contribution in [0.2, 0.25) is 0 Å². The van der Waals surface area contributed by atoms with Gasteiger partial charge in [0.1, 0.15) is 0 Å². The third kappa shape index (κ3) is 2.33. The fraction of sp³-hybridized carbons (Fsp3) is 0.286. The highest BCUT2D eigenvalue weighted by Gasteiger charge is 2.38. The Bertz CT molecular complexity index is 855. The molecule has 3 N–H and O–H groups in total. The Labute approximate surface area is 132 Å². The molecule has 0 saturated carbocycles. The number of carboxylic acid groups (broad SMARTS) is 1. The van der Waals surface area contributed by atoms with Crippen molar-refractivity contribution in [2.45, 2.75) is 24.2 Å². The van der Waals surface area contributed by atoms with Crippen LogP contribution in [0, 0.1) is 6.92 Å². The standard InChI is InChI=1S/C14H15N3O5S/c1-8-12(13(15)16-22-8)23(20,21)17-7-6-10(14(18)19)9-4-2-3-5-11(9)17/h2-5,10H,6-7H2,1H3,(H2,15,16)(H,18,19). The van der Waals surface area contributed by atoms with E-state index in [0.717, 1.165) is 4.31 Å². The van der Waals surface area contributed by atoms with E-state index in [1.54, 1.807) is 24.3 Å². The van der Waals surface area contributed by atoms with Crippen LogP contribution in [-0.4, -0.2) is 31.2 Å². The lowest BCUT2D eigenvalue weighted by Crippen LogP contribution is -2.38. The molecule has 1 unspecified atom stereocenters. The van der Waals surface area contributed by atoms with E-state index in [1.165, 1.54) is 6.92 Å². The second-order valence-electron chi connectivity index (χ2n) is 5.27. The molecule has 8 nitrogen and oxygen atoms in total. The van der Waals surface area contributed by atoms with Crippen molar-refractivity contribution < 1.29 is 22.8 Å². The Balaban J connectivity index is 2.15. The van der Waals surface area contributed by atoms with Crippen molar-refractivity contribution in [3.05, 3.63) is 35.6 Å². The highest BCUT2D eigenvalue weighted by atomic mass is 32.2. The fourth-order valence-electron chi connectivity index (χ4n) is 2.84. The normalized spacial score (nSPS) is 17.8. The lowest BCUT2D eigenvalue weighted by molar-refractivity contribution is -0.139. The van der Waals surface area contributed by atoms with Crippen molar-refractivity contribution in [3.63, 3.8) is 0 Å². The molecule has 3 rings (SSSR count). The van der Waals surface area contributed by atoms with Crippen molar-refractivity contribution in [2.24, 2.45) is 0 Å². The molecule has 122 valence electrons. The number of nitrogens with zero attached hydrogens (tertiary/aromatic N) is 2. The number of fused-ring (bicyclic) bond motifs is 1. The quantitative estimate of drug-likeness (QED) is 0.865. The lowest BCUT2D eigenvalue weighted by atomic mass is 9.91. The summed E-state index contributed by atoms with van der Waals surface area (Å²) in [7, 11) is -3.98. The first-order valence-corrected chi connectivity index (χ1v) is 8.34. The Kier molecular flexibility index (Phi) is 3.52. The van der Waals surface area contributed by atoms with E-state index >= 15 is 0 Å². The van der Waals surface area contributed by atoms with Crippen LogP contribution < -0.4 is 10.0 Å². The van der Waals surface area contributed by atoms with Crippen LogP contribution in [0.25, 0.3) is 0 Å². The minimum absolute atomic E-state index is 0.0420. The van der Waals surface area contributed by atoms with Crippen LogP contribution in [0.5, 0.6) is 0 Å². The van der Waals surface area contributed by atoms with Gasteiger partial charge in [-0.1, -0.05) is 23.4 Å². The van der Waals surface area contributed by atoms with Gasteiger partial charge in [-0.3, -0.25) is 9.10 Å². The average Bonchev–Trinajstić information content (AvgIpc) is 2.85. The zero-order valence-corrected chi connectivity index (χ0v) is 13.1. The van der Waals surface area contributed by atoms with Crippen LogP contribution in [0.4, 0.5) is 11.5 Å². The number of carbonyl (C=O) groups is 1. The minimum atomic E-state index is -3.98. The molecule has 23 heavy (non-hydrogen) atoms. The monoisotopic (exact) mass is 337 g/mol. The number of carboxylic acids is 1. The molecular formula is C14H15N3O5S. The summed E-state index contributed by atoms with van der Waals surface area (Å²) in [4.78, 5) is 11.2. The largest absolute Gasteiger partial charge is 0.481 e. The third-order valence-corrected chi connectivity index (χ3v) is 5.85. The number of hydrogen-bond donors (Lipinski definition) is 2. The maximum absolute atomic E-state index is 12.9. The van der Waals surface area contributed by atoms with Crippen molar-refractivity contribution in [1.29, 1.82) is 0 Å². The first kappa shape index (κ1) is 15.3. The molecule has 2 aromatic rings. The lowest BCUT2D eigenvalue weighted by Gasteiger charge is -2.33. The van der Waals surface area contributed by atoms with Crippen molar-refractivity contribution in [1.82, 2.24) is 5.16 Å². The van der Waals surface area contributed by atoms with Crippen LogP contribution in [-0.2, 0) is 14.8 Å². The summed E-state index contributed by atoms with van der Waals surface area (Å²) in [5, 5.41) is 12.8. The van der Waals surface area contributed by atoms with E-state index in [2.05, 4.69) is 5.16 Å². The van der Waals surface area contributed by atoms with E-state index in [-0.39, 0.29) is 29.4 Å². The van der Waals surface area contributed by atoms with Crippen LogP contribution in [0.1, 0.15) is 23.7 Å². The van der Waals surface area contributed by atoms with Crippen LogP contribution in [0.15, 0.2) is 33.7 Å². The van der Waals surface area contributed by atoms with E-state index in [0.29, 0.717) is 11.3 Å². The number of hydrogen-bond acceptors (Lipinski definition) is 6. The van der Waals surface area contributed by atoms with Gasteiger partial charge in [0.15, 0.2) is 16.5 Å². The zero-order valence-electron chi connectivity index (χ0n) is 12.3. The number of aromatic nitrogens is 1. The molecule has 2 heterocycles. The zero-order chi connectivity index (χ0) is 16.8. The van der Waals surface area contributed by atoms with Gasteiger partial charge >= 0.3 is 5.97 Å². The Morgan fingerprint density at radius 1 is 1.43 bits per heavy atom. The topological polar surface area (TPSA) is 127 Å². The minimum Gasteiger partial charge on any atom is -0.481 e. The van der Waals surface area contributed by atoms with E-state index in [4.69, 9.17) is 10.3 Å². The maximum Gasteiger partial charge on any atom is 0.311 e. The molecule has 1 aromatic heterocycles. The highest BCUT2D eigenvalue weighted by Crippen LogP contribution is 2.39. The molecule has 1 aliphatic rings. The van der Waals surface area contributed by atoms with Crippen LogP contribution >= 0.6 is 0 Å². The number of nitrogens with two attached hydrogens (primary N) is 1. The molecule has 1 aliphatic heterocycles. The summed E-state index contributed by atoms with van der Waals surface area (Å²) in [5.74, 6) is -1.82. The summed E-state index contributed by atoms with van der Waals surface area (Å²) in [5.41, 5.74) is 6.42. The van der Waals surface area contributed by atoms with Gasteiger partial charge < -0.3 is 15.4 Å². The van der Waals surface area contributed by atoms with Crippen molar-refractivity contribution in [3.8, 4) is 0 Å². The van der Waals surface area contributed by atoms with E-state index in [1.807, 2.05) is 0 Å². The van der Waals surface area contributed by atoms with Crippen molar-refractivity contribution >= 4 is 27.5 Å². The number of aliphatic carboxylic acids is 1. The van der Waals surface area contributed by atoms with Gasteiger partial charge in [-0.2, -0.15) is 0 Å². The Morgan fingerprint density at radius 2 is 2.13 bits per heavy atom. The summed E-state index contributed by atoms with van der Waals surface area (Å²) in [6, 6.07) is 6.56. The molecular weight excluding hydrogens is 322 g/mol. The number of para-hydroxylation sites is 1. The maximum atomic E-state index is 12.9. The number of rotatable bonds is 3. The van der Waals surface area contributed by atoms with Gasteiger partial charge in [0.2, 0.25) is 0 Å². The average molecular weight is 337 g/mol. The van der Waals surface area contributed by atoms with Gasteiger partial charge in [0, 0.05) is 6.54 Å². The first-order valence-electron chi connectivity index (χ1n) is 6.90. The third-order valence-electron chi connectivity index (χ3n) is 3.88. The predicted molar refractivity (Wildman–Crippen MR) is 81.6 cm³/mol. The second-order valence-corrected chi connectivity index (χ2v) is 7.07. The number of benzene rings is 1. The summed E-state index contributed by atoms with van der Waals surface area (Å²) in [6.45, 7) is 1.51. The second kappa shape index (κ2) is 5.27. The molecule has 1 aromatic carbocycles. The molecule has 1 atom stereocenters. The van der Waals surface area contributed by atoms with Gasteiger partial charge in [-0.05, 0) is 25.0 Å². The number of anilines is 2. The summed E-state index contributed by atoms with van der Waals surface area (Å²) in [6.07, 6.45) is 0.176. The molecule has 0 fully saturated rings. The van der Waals surface area contributed by atoms with Gasteiger partial charge in [0.05, 0.1) is 11.6 Å². The number of sulfonamides is 1. The van der Waals surface area contributed by atoms with Crippen molar-refractivity contribution in [2.75, 3.05) is 16.6 Å². The molecule has 0 saturated heterocycles. The predicted octanol–water partition coefficient (Wildman–Crippen LogP) is 1.33. The SMILES string of the molecule is Cc1onc(N)c1S(=O)(=O)N1CCC(C(=O)O)c2ccccc21. The molecule has 0 aliphatic carbocycles. The van der Waals surface area contributed by atoms with E-state index < -0.39 is 21.9 Å². The Hall–Kier alpha value is -2.55. The van der Waals surface area contributed by atoms with E-state index in [9.17, 15) is 18.3 Å². The van der Waals surface area contributed by atoms with Gasteiger partial charge in [-0.25, -0.2) is 8.42 Å². The smallest absolute Gasteiger partial charge is 0.311 e. The Morgan fingerprint density at radius 3 is 2.74 bits per heavy atom. The van der Waals surface area contributed by atoms with Gasteiger partial charge in [-0.15, -0.1) is 0 Å². The molecule has 0 bridgehead atoms. The number of aryl methyl sites for hydroxylation is 1. The summed E-state index contributed by atoms with van der Waals surface area (Å²) < 4.78 is 31.9. The first-order chi connectivity index (χ1) is 10.8. The fourth-order valence-corrected chi connectivity index (χ4v) is 4.54. The molecule has 0 amide bonds.